The van der Waals surface area contributed by atoms with Crippen LogP contribution in [-0.4, -0.2) is 70.3 Å². The van der Waals surface area contributed by atoms with E-state index in [2.05, 4.69) is 29.9 Å². The number of nitrogens with zero attached hydrogens (tertiary/aromatic N) is 6. The zero-order valence-corrected chi connectivity index (χ0v) is 21.6. The van der Waals surface area contributed by atoms with Crippen LogP contribution in [-0.2, 0) is 26.0 Å². The van der Waals surface area contributed by atoms with Gasteiger partial charge in [-0.15, -0.1) is 10.2 Å². The van der Waals surface area contributed by atoms with E-state index in [1.807, 2.05) is 0 Å². The first-order chi connectivity index (χ1) is 16.7. The van der Waals surface area contributed by atoms with Gasteiger partial charge < -0.3 is 14.2 Å². The van der Waals surface area contributed by atoms with Gasteiger partial charge in [0.1, 0.15) is 17.0 Å². The first kappa shape index (κ1) is 26.7. The lowest BCUT2D eigenvalue weighted by Crippen LogP contribution is -2.35. The van der Waals surface area contributed by atoms with Crippen LogP contribution < -0.4 is 9.46 Å². The number of methoxy groups -OCH3 is 2. The smallest absolute Gasteiger partial charge is 0.240 e. The average molecular weight is 526 g/mol. The van der Waals surface area contributed by atoms with Crippen molar-refractivity contribution >= 4 is 27.6 Å². The largest absolute Gasteiger partial charge is 0.481 e. The number of pyridine rings is 1. The van der Waals surface area contributed by atoms with Crippen molar-refractivity contribution in [1.29, 1.82) is 0 Å². The lowest BCUT2D eigenvalue weighted by molar-refractivity contribution is 0.00154. The monoisotopic (exact) mass is 525 g/mol. The van der Waals surface area contributed by atoms with Gasteiger partial charge in [-0.05, 0) is 26.8 Å². The predicted molar refractivity (Wildman–Crippen MR) is 130 cm³/mol. The highest BCUT2D eigenvalue weighted by atomic mass is 35.5. The van der Waals surface area contributed by atoms with Gasteiger partial charge in [-0.1, -0.05) is 17.7 Å². The summed E-state index contributed by atoms with van der Waals surface area (Å²) in [6, 6.07) is 5.17. The molecule has 3 aromatic heterocycles. The number of sulfonamides is 1. The van der Waals surface area contributed by atoms with Crippen LogP contribution in [0.3, 0.4) is 0 Å². The second-order valence-corrected chi connectivity index (χ2v) is 10.2. The molecular formula is C21H28ClN7O5S. The molecule has 14 heteroatoms. The maximum atomic E-state index is 13.4. The minimum absolute atomic E-state index is 0.00819. The van der Waals surface area contributed by atoms with E-state index in [9.17, 15) is 8.42 Å². The van der Waals surface area contributed by atoms with Crippen LogP contribution in [0.4, 0.5) is 5.95 Å². The zero-order valence-electron chi connectivity index (χ0n) is 20.0. The zero-order chi connectivity index (χ0) is 25.6. The summed E-state index contributed by atoms with van der Waals surface area (Å²) < 4.78 is 47.2. The molecule has 0 aliphatic rings. The Kier molecular flexibility index (Phi) is 8.94. The molecule has 190 valence electrons. The summed E-state index contributed by atoms with van der Waals surface area (Å²) in [7, 11) is -0.999. The molecule has 0 aliphatic heterocycles. The van der Waals surface area contributed by atoms with Gasteiger partial charge in [0, 0.05) is 25.6 Å². The van der Waals surface area contributed by atoms with E-state index in [-0.39, 0.29) is 31.0 Å². The summed E-state index contributed by atoms with van der Waals surface area (Å²) >= 11 is 5.89. The van der Waals surface area contributed by atoms with Gasteiger partial charge in [-0.2, -0.15) is 0 Å². The van der Waals surface area contributed by atoms with Crippen LogP contribution in [0.25, 0.3) is 11.5 Å². The van der Waals surface area contributed by atoms with E-state index in [1.54, 1.807) is 43.7 Å². The molecule has 0 amide bonds. The summed E-state index contributed by atoms with van der Waals surface area (Å²) in [5, 5.41) is 7.47. The summed E-state index contributed by atoms with van der Waals surface area (Å²) in [6.07, 6.45) is 1.54. The third-order valence-electron chi connectivity index (χ3n) is 4.89. The highest BCUT2D eigenvalue weighted by Gasteiger charge is 2.35. The third-order valence-corrected chi connectivity index (χ3v) is 6.78. The molecule has 0 spiro atoms. The second-order valence-electron chi connectivity index (χ2n) is 7.77. The van der Waals surface area contributed by atoms with Crippen LogP contribution >= 0.6 is 11.6 Å². The Balaban J connectivity index is 1.95. The van der Waals surface area contributed by atoms with E-state index < -0.39 is 21.4 Å². The quantitative estimate of drug-likeness (QED) is 0.374. The van der Waals surface area contributed by atoms with Gasteiger partial charge in [0.25, 0.3) is 0 Å². The van der Waals surface area contributed by atoms with E-state index in [0.717, 1.165) is 0 Å². The van der Waals surface area contributed by atoms with Crippen molar-refractivity contribution in [2.24, 2.45) is 0 Å². The summed E-state index contributed by atoms with van der Waals surface area (Å²) in [6.45, 7) is 5.66. The Morgan fingerprint density at radius 1 is 1.11 bits per heavy atom. The minimum atomic E-state index is -4.04. The lowest BCUT2D eigenvalue weighted by atomic mass is 10.2. The first-order valence-electron chi connectivity index (χ1n) is 10.7. The molecule has 3 heterocycles. The van der Waals surface area contributed by atoms with E-state index in [4.69, 9.17) is 25.8 Å². The number of rotatable bonds is 12. The molecule has 35 heavy (non-hydrogen) atoms. The minimum Gasteiger partial charge on any atom is -0.481 e. The topological polar surface area (TPSA) is 143 Å². The van der Waals surface area contributed by atoms with Crippen LogP contribution in [0.2, 0.25) is 5.02 Å². The van der Waals surface area contributed by atoms with Crippen LogP contribution in [0.1, 0.15) is 32.7 Å². The van der Waals surface area contributed by atoms with Crippen LogP contribution in [0.5, 0.6) is 5.88 Å². The number of aromatic nitrogens is 6. The van der Waals surface area contributed by atoms with Crippen molar-refractivity contribution in [3.63, 3.8) is 0 Å². The standard InChI is InChI=1S/C21H28ClN7O5S/c1-13(2)34-18(19-23-11-15(22)12-24-19)14(3)35(30,31)28-21-27-26-20(29(21)9-10-32-4)16-7-6-8-17(25-16)33-5/h6-8,11-14,18H,9-10H2,1-5H3,(H,27,28)/t14-,18+/m0/s1. The SMILES string of the molecule is COCCn1c(NS(=O)(=O)[C@@H](C)[C@@H](OC(C)C)c2ncc(Cl)cn2)nnc1-c1cccc(OC)n1. The van der Waals surface area contributed by atoms with Crippen molar-refractivity contribution in [3.05, 3.63) is 41.4 Å². The van der Waals surface area contributed by atoms with Gasteiger partial charge in [-0.25, -0.2) is 23.4 Å². The van der Waals surface area contributed by atoms with Crippen molar-refractivity contribution in [2.45, 2.75) is 44.8 Å². The number of ether oxygens (including phenoxy) is 3. The number of hydrogen-bond donors (Lipinski definition) is 1. The van der Waals surface area contributed by atoms with Crippen molar-refractivity contribution < 1.29 is 22.6 Å². The fourth-order valence-corrected chi connectivity index (χ4v) is 4.34. The van der Waals surface area contributed by atoms with Gasteiger partial charge in [0.2, 0.25) is 21.9 Å². The molecule has 0 saturated carbocycles. The third kappa shape index (κ3) is 6.63. The fourth-order valence-electron chi connectivity index (χ4n) is 3.14. The molecule has 0 saturated heterocycles. The summed E-state index contributed by atoms with van der Waals surface area (Å²) in [5.41, 5.74) is 0.460. The van der Waals surface area contributed by atoms with E-state index in [0.29, 0.717) is 22.4 Å². The molecule has 0 bridgehead atoms. The summed E-state index contributed by atoms with van der Waals surface area (Å²) in [5.74, 6) is 0.940. The molecule has 3 rings (SSSR count). The van der Waals surface area contributed by atoms with Crippen LogP contribution in [0.15, 0.2) is 30.6 Å². The molecule has 1 N–H and O–H groups in total. The molecule has 12 nitrogen and oxygen atoms in total. The molecule has 0 radical (unpaired) electrons. The number of hydrogen-bond acceptors (Lipinski definition) is 10. The number of halogens is 1. The molecule has 0 unspecified atom stereocenters. The van der Waals surface area contributed by atoms with Crippen molar-refractivity contribution in [2.75, 3.05) is 25.5 Å². The Labute approximate surface area is 209 Å². The fraction of sp³-hybridized carbons (Fsp3) is 0.476. The Hall–Kier alpha value is -2.87. The Morgan fingerprint density at radius 2 is 1.83 bits per heavy atom. The highest BCUT2D eigenvalue weighted by Crippen LogP contribution is 2.28. The van der Waals surface area contributed by atoms with Gasteiger partial charge >= 0.3 is 0 Å². The maximum Gasteiger partial charge on any atom is 0.240 e. The Morgan fingerprint density at radius 3 is 2.46 bits per heavy atom. The number of nitrogens with one attached hydrogen (secondary N) is 1. The Bertz CT molecular complexity index is 1220. The average Bonchev–Trinajstić information content (AvgIpc) is 3.22. The van der Waals surface area contributed by atoms with Gasteiger partial charge in [0.15, 0.2) is 11.6 Å². The molecule has 2 atom stereocenters. The molecular weight excluding hydrogens is 498 g/mol. The van der Waals surface area contributed by atoms with Gasteiger partial charge in [-0.3, -0.25) is 9.29 Å². The first-order valence-corrected chi connectivity index (χ1v) is 12.7. The van der Waals surface area contributed by atoms with Crippen molar-refractivity contribution in [3.8, 4) is 17.4 Å². The summed E-state index contributed by atoms with van der Waals surface area (Å²) in [4.78, 5) is 12.7. The number of anilines is 1. The second kappa shape index (κ2) is 11.7. The molecule has 0 aromatic carbocycles. The van der Waals surface area contributed by atoms with Gasteiger partial charge in [0.05, 0.1) is 31.4 Å². The molecule has 3 aromatic rings. The van der Waals surface area contributed by atoms with E-state index in [1.165, 1.54) is 26.4 Å². The van der Waals surface area contributed by atoms with E-state index >= 15 is 0 Å². The molecule has 0 aliphatic carbocycles. The normalized spacial score (nSPS) is 13.6. The lowest BCUT2D eigenvalue weighted by Gasteiger charge is -2.25. The molecule has 0 fully saturated rings. The highest BCUT2D eigenvalue weighted by molar-refractivity contribution is 7.93. The van der Waals surface area contributed by atoms with Crippen LogP contribution in [0, 0.1) is 0 Å². The predicted octanol–water partition coefficient (Wildman–Crippen LogP) is 2.74. The van der Waals surface area contributed by atoms with Crippen molar-refractivity contribution in [1.82, 2.24) is 29.7 Å². The maximum absolute atomic E-state index is 13.4.